The largest absolute Gasteiger partial charge is 0.334 e. The molecule has 140 valence electrons. The van der Waals surface area contributed by atoms with E-state index in [2.05, 4.69) is 22.5 Å². The number of urea groups is 1. The number of imide groups is 1. The minimum atomic E-state index is -0.594. The third-order valence-electron chi connectivity index (χ3n) is 3.86. The Balaban J connectivity index is 1.92. The molecule has 4 amide bonds. The van der Waals surface area contributed by atoms with Crippen LogP contribution in [0.3, 0.4) is 0 Å². The van der Waals surface area contributed by atoms with Gasteiger partial charge in [0.25, 0.3) is 0 Å². The Kier molecular flexibility index (Phi) is 7.44. The summed E-state index contributed by atoms with van der Waals surface area (Å²) in [5, 5.41) is 8.25. The normalized spacial score (nSPS) is 16.8. The van der Waals surface area contributed by atoms with Crippen molar-refractivity contribution in [2.24, 2.45) is 0 Å². The van der Waals surface area contributed by atoms with Crippen LogP contribution >= 0.6 is 23.2 Å². The zero-order valence-corrected chi connectivity index (χ0v) is 15.6. The number of rotatable bonds is 6. The molecule has 1 aromatic rings. The Morgan fingerprint density at radius 3 is 2.77 bits per heavy atom. The first-order valence-electron chi connectivity index (χ1n) is 8.09. The number of benzene rings is 1. The molecule has 0 spiro atoms. The van der Waals surface area contributed by atoms with Crippen molar-refractivity contribution in [2.75, 3.05) is 25.0 Å². The van der Waals surface area contributed by atoms with E-state index in [9.17, 15) is 14.4 Å². The molecular formula is C17H20Cl2N4O3. The second kappa shape index (κ2) is 9.56. The molecule has 1 saturated heterocycles. The quantitative estimate of drug-likeness (QED) is 0.641. The Labute approximate surface area is 161 Å². The van der Waals surface area contributed by atoms with Gasteiger partial charge in [-0.1, -0.05) is 29.3 Å². The SMILES string of the molecule is C=CCNC(=O)NC(=O)CN1CCC[C@H]1C(=O)Nc1ccc(Cl)cc1Cl. The number of amides is 4. The predicted octanol–water partition coefficient (Wildman–Crippen LogP) is 2.41. The molecule has 1 aromatic carbocycles. The second-order valence-corrected chi connectivity index (χ2v) is 6.63. The minimum absolute atomic E-state index is 0.0477. The number of carbonyl (C=O) groups excluding carboxylic acids is 3. The lowest BCUT2D eigenvalue weighted by molar-refractivity contribution is -0.124. The summed E-state index contributed by atoms with van der Waals surface area (Å²) >= 11 is 11.9. The van der Waals surface area contributed by atoms with Gasteiger partial charge in [-0.3, -0.25) is 19.8 Å². The summed E-state index contributed by atoms with van der Waals surface area (Å²) in [6.45, 7) is 4.28. The van der Waals surface area contributed by atoms with Crippen molar-refractivity contribution < 1.29 is 14.4 Å². The molecule has 1 heterocycles. The van der Waals surface area contributed by atoms with E-state index in [-0.39, 0.29) is 19.0 Å². The maximum atomic E-state index is 12.5. The van der Waals surface area contributed by atoms with Crippen LogP contribution in [0.2, 0.25) is 10.0 Å². The molecule has 3 N–H and O–H groups in total. The number of carbonyl (C=O) groups is 3. The van der Waals surface area contributed by atoms with Gasteiger partial charge in [-0.2, -0.15) is 0 Å². The van der Waals surface area contributed by atoms with E-state index in [4.69, 9.17) is 23.2 Å². The van der Waals surface area contributed by atoms with Crippen LogP contribution in [0.1, 0.15) is 12.8 Å². The highest BCUT2D eigenvalue weighted by Gasteiger charge is 2.32. The van der Waals surface area contributed by atoms with Crippen molar-refractivity contribution in [2.45, 2.75) is 18.9 Å². The molecule has 0 bridgehead atoms. The maximum Gasteiger partial charge on any atom is 0.321 e. The standard InChI is InChI=1S/C17H20Cl2N4O3/c1-2-7-20-17(26)22-15(24)10-23-8-3-4-14(23)16(25)21-13-6-5-11(18)9-12(13)19/h2,5-6,9,14H,1,3-4,7-8,10H2,(H,21,25)(H2,20,22,24,26)/t14-/m0/s1. The Morgan fingerprint density at radius 1 is 1.31 bits per heavy atom. The topological polar surface area (TPSA) is 90.5 Å². The van der Waals surface area contributed by atoms with E-state index in [1.165, 1.54) is 6.08 Å². The third-order valence-corrected chi connectivity index (χ3v) is 4.41. The van der Waals surface area contributed by atoms with E-state index < -0.39 is 18.0 Å². The van der Waals surface area contributed by atoms with Crippen LogP contribution in [0.4, 0.5) is 10.5 Å². The summed E-state index contributed by atoms with van der Waals surface area (Å²) < 4.78 is 0. The molecule has 1 atom stereocenters. The van der Waals surface area contributed by atoms with Gasteiger partial charge in [0.15, 0.2) is 0 Å². The molecule has 2 rings (SSSR count). The van der Waals surface area contributed by atoms with Gasteiger partial charge in [-0.25, -0.2) is 4.79 Å². The molecule has 7 nitrogen and oxygen atoms in total. The van der Waals surface area contributed by atoms with E-state index in [1.807, 2.05) is 0 Å². The van der Waals surface area contributed by atoms with Gasteiger partial charge in [-0.05, 0) is 37.6 Å². The van der Waals surface area contributed by atoms with Crippen LogP contribution in [0.5, 0.6) is 0 Å². The number of hydrogen-bond donors (Lipinski definition) is 3. The molecule has 0 radical (unpaired) electrons. The van der Waals surface area contributed by atoms with Gasteiger partial charge in [-0.15, -0.1) is 6.58 Å². The van der Waals surface area contributed by atoms with Crippen molar-refractivity contribution in [3.63, 3.8) is 0 Å². The minimum Gasteiger partial charge on any atom is -0.334 e. The molecule has 9 heteroatoms. The number of anilines is 1. The van der Waals surface area contributed by atoms with Crippen LogP contribution < -0.4 is 16.0 Å². The van der Waals surface area contributed by atoms with Gasteiger partial charge in [0, 0.05) is 11.6 Å². The number of hydrogen-bond acceptors (Lipinski definition) is 4. The van der Waals surface area contributed by atoms with E-state index >= 15 is 0 Å². The lowest BCUT2D eigenvalue weighted by Crippen LogP contribution is -2.48. The first-order valence-corrected chi connectivity index (χ1v) is 8.85. The van der Waals surface area contributed by atoms with Gasteiger partial charge >= 0.3 is 6.03 Å². The monoisotopic (exact) mass is 398 g/mol. The fourth-order valence-electron chi connectivity index (χ4n) is 2.68. The summed E-state index contributed by atoms with van der Waals surface area (Å²) in [6, 6.07) is 3.73. The van der Waals surface area contributed by atoms with E-state index in [0.717, 1.165) is 6.42 Å². The first-order chi connectivity index (χ1) is 12.4. The summed E-state index contributed by atoms with van der Waals surface area (Å²) in [5.41, 5.74) is 0.459. The Hall–Kier alpha value is -2.09. The van der Waals surface area contributed by atoms with Gasteiger partial charge in [0.2, 0.25) is 11.8 Å². The average molecular weight is 399 g/mol. The first kappa shape index (κ1) is 20.2. The Morgan fingerprint density at radius 2 is 2.08 bits per heavy atom. The fraction of sp³-hybridized carbons (Fsp3) is 0.353. The molecular weight excluding hydrogens is 379 g/mol. The van der Waals surface area contributed by atoms with Crippen LogP contribution in [-0.2, 0) is 9.59 Å². The highest BCUT2D eigenvalue weighted by molar-refractivity contribution is 6.36. The molecule has 0 aliphatic carbocycles. The summed E-state index contributed by atoms with van der Waals surface area (Å²) in [4.78, 5) is 37.7. The summed E-state index contributed by atoms with van der Waals surface area (Å²) in [6.07, 6.45) is 2.90. The lowest BCUT2D eigenvalue weighted by Gasteiger charge is -2.23. The predicted molar refractivity (Wildman–Crippen MR) is 101 cm³/mol. The fourth-order valence-corrected chi connectivity index (χ4v) is 3.13. The van der Waals surface area contributed by atoms with Crippen LogP contribution in [0.25, 0.3) is 0 Å². The molecule has 26 heavy (non-hydrogen) atoms. The zero-order chi connectivity index (χ0) is 19.1. The van der Waals surface area contributed by atoms with Gasteiger partial charge in [0.1, 0.15) is 0 Å². The van der Waals surface area contributed by atoms with Gasteiger partial charge < -0.3 is 10.6 Å². The highest BCUT2D eigenvalue weighted by atomic mass is 35.5. The second-order valence-electron chi connectivity index (χ2n) is 5.79. The van der Waals surface area contributed by atoms with Crippen molar-refractivity contribution in [1.82, 2.24) is 15.5 Å². The number of likely N-dealkylation sites (tertiary alicyclic amines) is 1. The Bertz CT molecular complexity index is 711. The smallest absolute Gasteiger partial charge is 0.321 e. The lowest BCUT2D eigenvalue weighted by atomic mass is 10.2. The van der Waals surface area contributed by atoms with Crippen molar-refractivity contribution in [3.05, 3.63) is 40.9 Å². The van der Waals surface area contributed by atoms with Crippen LogP contribution in [0, 0.1) is 0 Å². The molecule has 0 unspecified atom stereocenters. The molecule has 1 fully saturated rings. The zero-order valence-electron chi connectivity index (χ0n) is 14.1. The summed E-state index contributed by atoms with van der Waals surface area (Å²) in [7, 11) is 0. The van der Waals surface area contributed by atoms with Crippen molar-refractivity contribution in [3.8, 4) is 0 Å². The highest BCUT2D eigenvalue weighted by Crippen LogP contribution is 2.26. The van der Waals surface area contributed by atoms with Crippen LogP contribution in [0.15, 0.2) is 30.9 Å². The third kappa shape index (κ3) is 5.72. The molecule has 1 aliphatic rings. The van der Waals surface area contributed by atoms with E-state index in [0.29, 0.717) is 28.7 Å². The number of halogens is 2. The van der Waals surface area contributed by atoms with Crippen molar-refractivity contribution in [1.29, 1.82) is 0 Å². The van der Waals surface area contributed by atoms with Crippen molar-refractivity contribution >= 4 is 46.7 Å². The summed E-state index contributed by atoms with van der Waals surface area (Å²) in [5.74, 6) is -0.730. The average Bonchev–Trinajstić information content (AvgIpc) is 3.03. The van der Waals surface area contributed by atoms with E-state index in [1.54, 1.807) is 23.1 Å². The maximum absolute atomic E-state index is 12.5. The van der Waals surface area contributed by atoms with Crippen LogP contribution in [-0.4, -0.2) is 48.4 Å². The number of nitrogens with one attached hydrogen (secondary N) is 3. The molecule has 0 saturated carbocycles. The van der Waals surface area contributed by atoms with Gasteiger partial charge in [0.05, 0.1) is 23.3 Å². The molecule has 1 aliphatic heterocycles. The number of nitrogens with zero attached hydrogens (tertiary/aromatic N) is 1. The molecule has 0 aromatic heterocycles.